The van der Waals surface area contributed by atoms with Crippen LogP contribution in [-0.2, 0) is 10.3 Å². The molecule has 4 heteroatoms. The highest BCUT2D eigenvalue weighted by atomic mass is 16.5. The summed E-state index contributed by atoms with van der Waals surface area (Å²) in [7, 11) is 1.38. The van der Waals surface area contributed by atoms with Crippen molar-refractivity contribution in [1.29, 1.82) is 0 Å². The number of nitrogens with zero attached hydrogens (tertiary/aromatic N) is 2. The quantitative estimate of drug-likeness (QED) is 0.777. The van der Waals surface area contributed by atoms with Gasteiger partial charge in [-0.05, 0) is 38.5 Å². The molecule has 0 saturated heterocycles. The first kappa shape index (κ1) is 13.3. The number of esters is 1. The van der Waals surface area contributed by atoms with Gasteiger partial charge in [0.25, 0.3) is 0 Å². The minimum atomic E-state index is -0.322. The number of hydrogen-bond acceptors (Lipinski definition) is 3. The molecule has 0 aliphatic heterocycles. The standard InChI is InChI=1S/C15H18N2O2/c1-15(2,3)17-10-13(9-16-17)11-5-7-12(8-6-11)14(18)19-4/h5-10H,1-4H3. The monoisotopic (exact) mass is 258 g/mol. The molecule has 0 radical (unpaired) electrons. The van der Waals surface area contributed by atoms with E-state index in [1.165, 1.54) is 7.11 Å². The SMILES string of the molecule is COC(=O)c1ccc(-c2cnn(C(C)(C)C)c2)cc1. The maximum absolute atomic E-state index is 11.4. The Bertz CT molecular complexity index is 577. The molecular weight excluding hydrogens is 240 g/mol. The van der Waals surface area contributed by atoms with Crippen LogP contribution >= 0.6 is 0 Å². The number of aromatic nitrogens is 2. The lowest BCUT2D eigenvalue weighted by atomic mass is 10.1. The molecular formula is C15H18N2O2. The van der Waals surface area contributed by atoms with Crippen molar-refractivity contribution in [2.75, 3.05) is 7.11 Å². The highest BCUT2D eigenvalue weighted by Crippen LogP contribution is 2.22. The van der Waals surface area contributed by atoms with Crippen molar-refractivity contribution in [3.8, 4) is 11.1 Å². The fourth-order valence-electron chi connectivity index (χ4n) is 1.76. The first-order valence-electron chi connectivity index (χ1n) is 6.16. The minimum absolute atomic E-state index is 0.0375. The maximum Gasteiger partial charge on any atom is 0.337 e. The Labute approximate surface area is 113 Å². The third kappa shape index (κ3) is 2.84. The smallest absolute Gasteiger partial charge is 0.337 e. The van der Waals surface area contributed by atoms with Gasteiger partial charge in [-0.1, -0.05) is 12.1 Å². The Hall–Kier alpha value is -2.10. The van der Waals surface area contributed by atoms with Crippen LogP contribution in [0.5, 0.6) is 0 Å². The van der Waals surface area contributed by atoms with Gasteiger partial charge in [-0.3, -0.25) is 4.68 Å². The van der Waals surface area contributed by atoms with Crippen molar-refractivity contribution in [3.05, 3.63) is 42.2 Å². The van der Waals surface area contributed by atoms with Crippen LogP contribution in [-0.4, -0.2) is 22.9 Å². The summed E-state index contributed by atoms with van der Waals surface area (Å²) < 4.78 is 6.60. The lowest BCUT2D eigenvalue weighted by Crippen LogP contribution is -2.21. The molecule has 2 aromatic rings. The molecule has 0 N–H and O–H groups in total. The predicted molar refractivity (Wildman–Crippen MR) is 74.0 cm³/mol. The van der Waals surface area contributed by atoms with Crippen LogP contribution in [0.15, 0.2) is 36.7 Å². The molecule has 19 heavy (non-hydrogen) atoms. The van der Waals surface area contributed by atoms with Crippen LogP contribution in [0.4, 0.5) is 0 Å². The van der Waals surface area contributed by atoms with Gasteiger partial charge >= 0.3 is 5.97 Å². The number of benzene rings is 1. The molecule has 0 unspecified atom stereocenters. The molecule has 0 bridgehead atoms. The number of ether oxygens (including phenoxy) is 1. The molecule has 1 heterocycles. The second-order valence-corrected chi connectivity index (χ2v) is 5.41. The van der Waals surface area contributed by atoms with E-state index in [-0.39, 0.29) is 11.5 Å². The molecule has 0 saturated carbocycles. The van der Waals surface area contributed by atoms with Crippen LogP contribution in [0.2, 0.25) is 0 Å². The van der Waals surface area contributed by atoms with E-state index >= 15 is 0 Å². The topological polar surface area (TPSA) is 44.1 Å². The highest BCUT2D eigenvalue weighted by molar-refractivity contribution is 5.89. The highest BCUT2D eigenvalue weighted by Gasteiger charge is 2.14. The van der Waals surface area contributed by atoms with Crippen molar-refractivity contribution in [3.63, 3.8) is 0 Å². The predicted octanol–water partition coefficient (Wildman–Crippen LogP) is 3.09. The Balaban J connectivity index is 2.28. The van der Waals surface area contributed by atoms with Crippen LogP contribution < -0.4 is 0 Å². The van der Waals surface area contributed by atoms with E-state index < -0.39 is 0 Å². The van der Waals surface area contributed by atoms with Gasteiger partial charge in [0.2, 0.25) is 0 Å². The largest absolute Gasteiger partial charge is 0.465 e. The molecule has 0 fully saturated rings. The molecule has 1 aromatic heterocycles. The molecule has 1 aromatic carbocycles. The second-order valence-electron chi connectivity index (χ2n) is 5.41. The summed E-state index contributed by atoms with van der Waals surface area (Å²) >= 11 is 0. The van der Waals surface area contributed by atoms with Gasteiger partial charge in [0.05, 0.1) is 24.4 Å². The summed E-state index contributed by atoms with van der Waals surface area (Å²) in [6.45, 7) is 6.30. The Morgan fingerprint density at radius 2 is 1.79 bits per heavy atom. The van der Waals surface area contributed by atoms with Gasteiger partial charge in [-0.25, -0.2) is 4.79 Å². The average molecular weight is 258 g/mol. The van der Waals surface area contributed by atoms with Gasteiger partial charge in [-0.15, -0.1) is 0 Å². The molecule has 0 atom stereocenters. The van der Waals surface area contributed by atoms with E-state index in [1.54, 1.807) is 12.1 Å². The molecule has 0 amide bonds. The van der Waals surface area contributed by atoms with Gasteiger partial charge < -0.3 is 4.74 Å². The summed E-state index contributed by atoms with van der Waals surface area (Å²) in [5.74, 6) is -0.322. The number of methoxy groups -OCH3 is 1. The summed E-state index contributed by atoms with van der Waals surface area (Å²) in [5.41, 5.74) is 2.58. The third-order valence-corrected chi connectivity index (χ3v) is 2.91. The second kappa shape index (κ2) is 4.88. The van der Waals surface area contributed by atoms with E-state index in [0.29, 0.717) is 5.56 Å². The maximum atomic E-state index is 11.4. The molecule has 100 valence electrons. The Morgan fingerprint density at radius 3 is 2.26 bits per heavy atom. The Morgan fingerprint density at radius 1 is 1.16 bits per heavy atom. The minimum Gasteiger partial charge on any atom is -0.465 e. The first-order valence-corrected chi connectivity index (χ1v) is 6.16. The molecule has 4 nitrogen and oxygen atoms in total. The Kier molecular flexibility index (Phi) is 3.42. The fraction of sp³-hybridized carbons (Fsp3) is 0.333. The number of carbonyl (C=O) groups is 1. The van der Waals surface area contributed by atoms with Crippen LogP contribution in [0.1, 0.15) is 31.1 Å². The number of hydrogen-bond donors (Lipinski definition) is 0. The van der Waals surface area contributed by atoms with Crippen molar-refractivity contribution >= 4 is 5.97 Å². The molecule has 0 aliphatic rings. The van der Waals surface area contributed by atoms with E-state index in [9.17, 15) is 4.79 Å². The zero-order valence-corrected chi connectivity index (χ0v) is 11.7. The summed E-state index contributed by atoms with van der Waals surface area (Å²) in [5, 5.41) is 4.36. The van der Waals surface area contributed by atoms with Gasteiger partial charge in [0, 0.05) is 11.8 Å². The number of rotatable bonds is 2. The molecule has 0 aliphatic carbocycles. The van der Waals surface area contributed by atoms with E-state index in [0.717, 1.165) is 11.1 Å². The zero-order valence-electron chi connectivity index (χ0n) is 11.7. The van der Waals surface area contributed by atoms with Crippen LogP contribution in [0.25, 0.3) is 11.1 Å². The van der Waals surface area contributed by atoms with E-state index in [2.05, 4.69) is 30.6 Å². The summed E-state index contributed by atoms with van der Waals surface area (Å²) in [6.07, 6.45) is 3.84. The van der Waals surface area contributed by atoms with Gasteiger partial charge in [-0.2, -0.15) is 5.10 Å². The molecule has 2 rings (SSSR count). The van der Waals surface area contributed by atoms with Crippen LogP contribution in [0.3, 0.4) is 0 Å². The first-order chi connectivity index (χ1) is 8.91. The summed E-state index contributed by atoms with van der Waals surface area (Å²) in [4.78, 5) is 11.4. The third-order valence-electron chi connectivity index (χ3n) is 2.91. The van der Waals surface area contributed by atoms with E-state index in [4.69, 9.17) is 0 Å². The lowest BCUT2D eigenvalue weighted by Gasteiger charge is -2.18. The van der Waals surface area contributed by atoms with Crippen LogP contribution in [0, 0.1) is 0 Å². The van der Waals surface area contributed by atoms with Gasteiger partial charge in [0.15, 0.2) is 0 Å². The van der Waals surface area contributed by atoms with Gasteiger partial charge in [0.1, 0.15) is 0 Å². The average Bonchev–Trinajstić information content (AvgIpc) is 2.87. The molecule has 0 spiro atoms. The van der Waals surface area contributed by atoms with Crippen molar-refractivity contribution in [2.45, 2.75) is 26.3 Å². The summed E-state index contributed by atoms with van der Waals surface area (Å²) in [6, 6.07) is 7.32. The number of carbonyl (C=O) groups excluding carboxylic acids is 1. The van der Waals surface area contributed by atoms with Crippen molar-refractivity contribution < 1.29 is 9.53 Å². The van der Waals surface area contributed by atoms with E-state index in [1.807, 2.05) is 29.2 Å². The van der Waals surface area contributed by atoms with Crippen molar-refractivity contribution in [1.82, 2.24) is 9.78 Å². The van der Waals surface area contributed by atoms with Crippen molar-refractivity contribution in [2.24, 2.45) is 0 Å². The normalized spacial score (nSPS) is 11.4. The lowest BCUT2D eigenvalue weighted by molar-refractivity contribution is 0.0601. The fourth-order valence-corrected chi connectivity index (χ4v) is 1.76. The zero-order chi connectivity index (χ0) is 14.0.